The Labute approximate surface area is 131 Å². The molecule has 0 unspecified atom stereocenters. The van der Waals surface area contributed by atoms with Crippen LogP contribution in [-0.2, 0) is 23.1 Å². The van der Waals surface area contributed by atoms with Gasteiger partial charge in [-0.05, 0) is 23.6 Å². The van der Waals surface area contributed by atoms with E-state index in [4.69, 9.17) is 28.9 Å². The molecule has 0 atom stereocenters. The number of nitrogens with one attached hydrogen (secondary N) is 1. The van der Waals surface area contributed by atoms with E-state index in [9.17, 15) is 8.42 Å². The fraction of sp³-hybridized carbons (Fsp3) is 0.167. The Morgan fingerprint density at radius 1 is 1.25 bits per heavy atom. The van der Waals surface area contributed by atoms with Crippen molar-refractivity contribution in [1.82, 2.24) is 4.72 Å². The summed E-state index contributed by atoms with van der Waals surface area (Å²) in [6.07, 6.45) is 0. The number of halogens is 2. The van der Waals surface area contributed by atoms with Crippen molar-refractivity contribution in [2.75, 3.05) is 0 Å². The number of sulfonamides is 1. The Balaban J connectivity index is 2.30. The molecule has 0 aliphatic heterocycles. The van der Waals surface area contributed by atoms with Crippen LogP contribution in [0.15, 0.2) is 34.5 Å². The van der Waals surface area contributed by atoms with E-state index in [0.717, 1.165) is 4.88 Å². The first-order valence-electron chi connectivity index (χ1n) is 5.64. The van der Waals surface area contributed by atoms with Gasteiger partial charge in [-0.15, -0.1) is 11.3 Å². The number of rotatable bonds is 5. The summed E-state index contributed by atoms with van der Waals surface area (Å²) in [6, 6.07) is 6.56. The summed E-state index contributed by atoms with van der Waals surface area (Å²) < 4.78 is 27.0. The molecule has 1 heterocycles. The highest BCUT2D eigenvalue weighted by atomic mass is 35.5. The molecule has 20 heavy (non-hydrogen) atoms. The molecule has 0 radical (unpaired) electrons. The van der Waals surface area contributed by atoms with Crippen molar-refractivity contribution in [3.05, 3.63) is 50.1 Å². The Hall–Kier alpha value is -0.630. The van der Waals surface area contributed by atoms with Crippen molar-refractivity contribution in [3.8, 4) is 0 Å². The Kier molecular flexibility index (Phi) is 5.06. The summed E-state index contributed by atoms with van der Waals surface area (Å²) in [5.41, 5.74) is 5.96. The van der Waals surface area contributed by atoms with E-state index >= 15 is 0 Å². The molecule has 1 aromatic carbocycles. The van der Waals surface area contributed by atoms with E-state index in [0.29, 0.717) is 10.6 Å². The van der Waals surface area contributed by atoms with Gasteiger partial charge in [0.05, 0.1) is 5.02 Å². The second-order valence-electron chi connectivity index (χ2n) is 3.95. The van der Waals surface area contributed by atoms with Crippen molar-refractivity contribution in [2.24, 2.45) is 5.73 Å². The summed E-state index contributed by atoms with van der Waals surface area (Å²) in [5, 5.41) is 2.30. The van der Waals surface area contributed by atoms with Crippen LogP contribution in [0.5, 0.6) is 0 Å². The molecule has 2 aromatic rings. The predicted molar refractivity (Wildman–Crippen MR) is 82.7 cm³/mol. The zero-order chi connectivity index (χ0) is 14.8. The second-order valence-corrected chi connectivity index (χ2v) is 7.50. The number of nitrogens with two attached hydrogens (primary N) is 1. The molecule has 8 heteroatoms. The monoisotopic (exact) mass is 350 g/mol. The lowest BCUT2D eigenvalue weighted by molar-refractivity contribution is 0.581. The molecular weight excluding hydrogens is 339 g/mol. The zero-order valence-corrected chi connectivity index (χ0v) is 13.4. The van der Waals surface area contributed by atoms with Gasteiger partial charge in [-0.3, -0.25) is 0 Å². The van der Waals surface area contributed by atoms with Crippen LogP contribution < -0.4 is 10.5 Å². The molecule has 2 rings (SSSR count). The lowest BCUT2D eigenvalue weighted by atomic mass is 10.2. The molecular formula is C12H12Cl2N2O2S2. The smallest absolute Gasteiger partial charge is 0.242 e. The van der Waals surface area contributed by atoms with Gasteiger partial charge in [0.15, 0.2) is 0 Å². The lowest BCUT2D eigenvalue weighted by Crippen LogP contribution is -2.23. The number of benzene rings is 1. The molecule has 0 spiro atoms. The van der Waals surface area contributed by atoms with E-state index in [-0.39, 0.29) is 23.0 Å². The van der Waals surface area contributed by atoms with E-state index in [2.05, 4.69) is 4.72 Å². The van der Waals surface area contributed by atoms with Gasteiger partial charge in [-0.1, -0.05) is 29.3 Å². The summed E-state index contributed by atoms with van der Waals surface area (Å²) in [6.45, 7) is 0.295. The molecule has 0 fully saturated rings. The van der Waals surface area contributed by atoms with E-state index in [1.807, 2.05) is 17.5 Å². The van der Waals surface area contributed by atoms with Gasteiger partial charge in [0.2, 0.25) is 10.0 Å². The van der Waals surface area contributed by atoms with E-state index < -0.39 is 10.0 Å². The van der Waals surface area contributed by atoms with Gasteiger partial charge >= 0.3 is 0 Å². The molecule has 0 saturated heterocycles. The average Bonchev–Trinajstić information content (AvgIpc) is 2.90. The Bertz CT molecular complexity index is 700. The van der Waals surface area contributed by atoms with Crippen LogP contribution in [0.1, 0.15) is 10.4 Å². The van der Waals surface area contributed by atoms with Gasteiger partial charge < -0.3 is 5.73 Å². The molecule has 0 saturated carbocycles. The highest BCUT2D eigenvalue weighted by Gasteiger charge is 2.21. The third-order valence-electron chi connectivity index (χ3n) is 2.66. The van der Waals surface area contributed by atoms with Crippen molar-refractivity contribution < 1.29 is 8.42 Å². The predicted octanol–water partition coefficient (Wildman–Crippen LogP) is 2.99. The standard InChI is InChI=1S/C12H12Cl2N2O2S2/c13-10-3-4-11(12(14)9(10)6-15)20(17,18)16-7-8-2-1-5-19-8/h1-5,16H,6-7,15H2. The third-order valence-corrected chi connectivity index (χ3v) is 5.88. The summed E-state index contributed by atoms with van der Waals surface area (Å²) >= 11 is 13.5. The van der Waals surface area contributed by atoms with Crippen molar-refractivity contribution in [3.63, 3.8) is 0 Å². The molecule has 0 aliphatic carbocycles. The molecule has 4 nitrogen and oxygen atoms in total. The first-order chi connectivity index (χ1) is 9.45. The molecule has 3 N–H and O–H groups in total. The highest BCUT2D eigenvalue weighted by molar-refractivity contribution is 7.89. The van der Waals surface area contributed by atoms with Crippen molar-refractivity contribution in [2.45, 2.75) is 18.0 Å². The fourth-order valence-corrected chi connectivity index (χ4v) is 4.30. The van der Waals surface area contributed by atoms with Crippen LogP contribution in [-0.4, -0.2) is 8.42 Å². The molecule has 0 bridgehead atoms. The molecule has 0 aliphatic rings. The maximum Gasteiger partial charge on any atom is 0.242 e. The topological polar surface area (TPSA) is 72.2 Å². The largest absolute Gasteiger partial charge is 0.326 e. The Morgan fingerprint density at radius 3 is 2.60 bits per heavy atom. The normalized spacial score (nSPS) is 11.8. The SMILES string of the molecule is NCc1c(Cl)ccc(S(=O)(=O)NCc2cccs2)c1Cl. The van der Waals surface area contributed by atoms with Crippen LogP contribution in [0.4, 0.5) is 0 Å². The summed E-state index contributed by atoms with van der Waals surface area (Å²) in [7, 11) is -3.71. The first kappa shape index (κ1) is 15.8. The van der Waals surface area contributed by atoms with Crippen LogP contribution >= 0.6 is 34.5 Å². The van der Waals surface area contributed by atoms with Gasteiger partial charge in [-0.25, -0.2) is 13.1 Å². The third kappa shape index (κ3) is 3.33. The molecule has 0 amide bonds. The maximum atomic E-state index is 12.3. The van der Waals surface area contributed by atoms with Gasteiger partial charge in [0.25, 0.3) is 0 Å². The minimum atomic E-state index is -3.71. The summed E-state index contributed by atoms with van der Waals surface area (Å²) in [4.78, 5) is 0.901. The maximum absolute atomic E-state index is 12.3. The van der Waals surface area contributed by atoms with Gasteiger partial charge in [0.1, 0.15) is 4.90 Å². The first-order valence-corrected chi connectivity index (χ1v) is 8.76. The van der Waals surface area contributed by atoms with Crippen molar-refractivity contribution >= 4 is 44.6 Å². The van der Waals surface area contributed by atoms with Crippen LogP contribution in [0, 0.1) is 0 Å². The van der Waals surface area contributed by atoms with Crippen LogP contribution in [0.3, 0.4) is 0 Å². The van der Waals surface area contributed by atoms with Gasteiger partial charge in [-0.2, -0.15) is 0 Å². The number of hydrogen-bond acceptors (Lipinski definition) is 4. The average molecular weight is 351 g/mol. The second kappa shape index (κ2) is 6.43. The highest BCUT2D eigenvalue weighted by Crippen LogP contribution is 2.30. The minimum absolute atomic E-state index is 0.0134. The summed E-state index contributed by atoms with van der Waals surface area (Å²) in [5.74, 6) is 0. The number of hydrogen-bond donors (Lipinski definition) is 2. The van der Waals surface area contributed by atoms with E-state index in [1.54, 1.807) is 0 Å². The minimum Gasteiger partial charge on any atom is -0.326 e. The van der Waals surface area contributed by atoms with Crippen LogP contribution in [0.2, 0.25) is 10.0 Å². The Morgan fingerprint density at radius 2 is 2.00 bits per heavy atom. The molecule has 108 valence electrons. The van der Waals surface area contributed by atoms with Crippen LogP contribution in [0.25, 0.3) is 0 Å². The lowest BCUT2D eigenvalue weighted by Gasteiger charge is -2.11. The fourth-order valence-electron chi connectivity index (χ4n) is 1.63. The number of thiophene rings is 1. The molecule has 1 aromatic heterocycles. The van der Waals surface area contributed by atoms with Gasteiger partial charge in [0, 0.05) is 28.6 Å². The van der Waals surface area contributed by atoms with Crippen molar-refractivity contribution in [1.29, 1.82) is 0 Å². The quantitative estimate of drug-likeness (QED) is 0.870. The van der Waals surface area contributed by atoms with E-state index in [1.165, 1.54) is 23.5 Å². The zero-order valence-electron chi connectivity index (χ0n) is 10.3.